The molecule has 1 amide bonds. The average Bonchev–Trinajstić information content (AvgIpc) is 3.16. The van der Waals surface area contributed by atoms with Gasteiger partial charge in [0, 0.05) is 26.7 Å². The molecule has 15 heteroatoms. The summed E-state index contributed by atoms with van der Waals surface area (Å²) in [6.45, 7) is 1.64. The molecule has 2 aromatic rings. The quantitative estimate of drug-likeness (QED) is 0.550. The number of likely N-dealkylation sites (N-methyl/N-ethyl adjacent to an activating group) is 1. The molecule has 194 valence electrons. The van der Waals surface area contributed by atoms with Crippen LogP contribution in [0.5, 0.6) is 0 Å². The largest absolute Gasteiger partial charge is 0.490 e. The number of hydrogen-bond acceptors (Lipinski definition) is 7. The SMILES string of the molecule is COCCN1Cc2c(C(=O)NCCN(C)C)ncn2-c2ccccc2S1(=O)=O.O=C(O)C(F)(F)F. The summed E-state index contributed by atoms with van der Waals surface area (Å²) < 4.78 is 66.1. The van der Waals surface area contributed by atoms with Gasteiger partial charge in [-0.3, -0.25) is 9.36 Å². The summed E-state index contributed by atoms with van der Waals surface area (Å²) in [6.07, 6.45) is -3.58. The van der Waals surface area contributed by atoms with Gasteiger partial charge in [0.1, 0.15) is 11.2 Å². The number of fused-ring (bicyclic) bond motifs is 3. The average molecular weight is 522 g/mol. The van der Waals surface area contributed by atoms with Crippen LogP contribution in [0.2, 0.25) is 0 Å². The second kappa shape index (κ2) is 11.6. The Morgan fingerprint density at radius 1 is 1.26 bits per heavy atom. The molecule has 0 bridgehead atoms. The standard InChI is InChI=1S/C18H25N5O4S.C2HF3O2/c1-21(2)9-8-19-18(24)17-15-12-22(10-11-27-3)28(25,26)16-7-5-4-6-14(16)23(15)13-20-17;3-2(4,5)1(6)7/h4-7,13H,8-12H2,1-3H3,(H,19,24);(H,6,7). The number of methoxy groups -OCH3 is 1. The molecule has 0 radical (unpaired) electrons. The van der Waals surface area contributed by atoms with Gasteiger partial charge in [-0.15, -0.1) is 0 Å². The van der Waals surface area contributed by atoms with E-state index in [2.05, 4.69) is 10.3 Å². The molecule has 2 heterocycles. The predicted molar refractivity (Wildman–Crippen MR) is 118 cm³/mol. The van der Waals surface area contributed by atoms with Gasteiger partial charge in [-0.1, -0.05) is 12.1 Å². The zero-order valence-electron chi connectivity index (χ0n) is 19.2. The van der Waals surface area contributed by atoms with Gasteiger partial charge in [0.25, 0.3) is 5.91 Å². The van der Waals surface area contributed by atoms with Gasteiger partial charge < -0.3 is 20.1 Å². The maximum Gasteiger partial charge on any atom is 0.490 e. The Kier molecular flexibility index (Phi) is 9.37. The molecule has 0 aliphatic carbocycles. The van der Waals surface area contributed by atoms with Crippen LogP contribution in [0.4, 0.5) is 13.2 Å². The number of hydrogen-bond donors (Lipinski definition) is 2. The number of ether oxygens (including phenoxy) is 1. The minimum Gasteiger partial charge on any atom is -0.475 e. The van der Waals surface area contributed by atoms with E-state index in [0.29, 0.717) is 24.5 Å². The molecule has 1 aromatic carbocycles. The fraction of sp³-hybridized carbons (Fsp3) is 0.450. The van der Waals surface area contributed by atoms with Crippen molar-refractivity contribution >= 4 is 21.9 Å². The highest BCUT2D eigenvalue weighted by Gasteiger charge is 2.38. The van der Waals surface area contributed by atoms with Crippen LogP contribution in [-0.4, -0.2) is 97.8 Å². The number of carboxylic acid groups (broad SMARTS) is 1. The maximum absolute atomic E-state index is 13.2. The topological polar surface area (TPSA) is 134 Å². The van der Waals surface area contributed by atoms with E-state index in [-0.39, 0.29) is 36.2 Å². The van der Waals surface area contributed by atoms with Gasteiger partial charge >= 0.3 is 12.1 Å². The molecule has 0 unspecified atom stereocenters. The summed E-state index contributed by atoms with van der Waals surface area (Å²) in [5.74, 6) is -3.08. The van der Waals surface area contributed by atoms with E-state index in [1.165, 1.54) is 17.7 Å². The Balaban J connectivity index is 0.000000540. The van der Waals surface area contributed by atoms with Gasteiger partial charge in [-0.25, -0.2) is 18.2 Å². The first kappa shape index (κ1) is 28.2. The number of rotatable bonds is 7. The van der Waals surface area contributed by atoms with Crippen molar-refractivity contribution in [3.63, 3.8) is 0 Å². The minimum atomic E-state index is -5.08. The van der Waals surface area contributed by atoms with Crippen LogP contribution in [0.25, 0.3) is 5.69 Å². The Hall–Kier alpha value is -3.01. The highest BCUT2D eigenvalue weighted by atomic mass is 32.2. The lowest BCUT2D eigenvalue weighted by Gasteiger charge is -2.20. The summed E-state index contributed by atoms with van der Waals surface area (Å²) in [7, 11) is 1.63. The smallest absolute Gasteiger partial charge is 0.475 e. The Labute approximate surface area is 200 Å². The first-order valence-corrected chi connectivity index (χ1v) is 11.6. The summed E-state index contributed by atoms with van der Waals surface area (Å²) >= 11 is 0. The number of carbonyl (C=O) groups excluding carboxylic acids is 1. The van der Waals surface area contributed by atoms with Crippen molar-refractivity contribution in [2.45, 2.75) is 17.6 Å². The zero-order chi connectivity index (χ0) is 26.4. The number of benzene rings is 1. The second-order valence-electron chi connectivity index (χ2n) is 7.57. The molecule has 0 atom stereocenters. The molecule has 3 rings (SSSR count). The maximum atomic E-state index is 13.2. The lowest BCUT2D eigenvalue weighted by Crippen LogP contribution is -2.35. The summed E-state index contributed by atoms with van der Waals surface area (Å²) in [6, 6.07) is 6.73. The molecular weight excluding hydrogens is 495 g/mol. The van der Waals surface area contributed by atoms with Crippen LogP contribution in [0.1, 0.15) is 16.2 Å². The van der Waals surface area contributed by atoms with E-state index in [1.807, 2.05) is 19.0 Å². The van der Waals surface area contributed by atoms with E-state index in [0.717, 1.165) is 0 Å². The number of nitrogens with zero attached hydrogens (tertiary/aromatic N) is 4. The third-order valence-corrected chi connectivity index (χ3v) is 6.67. The molecular formula is C20H26F3N5O6S. The van der Waals surface area contributed by atoms with Gasteiger partial charge in [0.2, 0.25) is 10.0 Å². The summed E-state index contributed by atoms with van der Waals surface area (Å²) in [5.41, 5.74) is 1.25. The number of nitrogens with one attached hydrogen (secondary N) is 1. The Morgan fingerprint density at radius 3 is 2.46 bits per heavy atom. The molecule has 0 saturated carbocycles. The minimum absolute atomic E-state index is 0.0385. The molecule has 1 aliphatic rings. The molecule has 1 aliphatic heterocycles. The second-order valence-corrected chi connectivity index (χ2v) is 9.48. The van der Waals surface area contributed by atoms with Crippen molar-refractivity contribution in [3.8, 4) is 5.69 Å². The number of para-hydroxylation sites is 1. The van der Waals surface area contributed by atoms with E-state index in [4.69, 9.17) is 14.6 Å². The molecule has 0 spiro atoms. The highest BCUT2D eigenvalue weighted by Crippen LogP contribution is 2.31. The number of carboxylic acids is 1. The molecule has 0 saturated heterocycles. The van der Waals surface area contributed by atoms with Crippen molar-refractivity contribution in [1.29, 1.82) is 0 Å². The number of aromatic nitrogens is 2. The monoisotopic (exact) mass is 521 g/mol. The highest BCUT2D eigenvalue weighted by molar-refractivity contribution is 7.89. The summed E-state index contributed by atoms with van der Waals surface area (Å²) in [4.78, 5) is 28.0. The molecule has 11 nitrogen and oxygen atoms in total. The number of alkyl halides is 3. The summed E-state index contributed by atoms with van der Waals surface area (Å²) in [5, 5.41) is 9.97. The van der Waals surface area contributed by atoms with Gasteiger partial charge in [-0.2, -0.15) is 17.5 Å². The Morgan fingerprint density at radius 2 is 1.89 bits per heavy atom. The normalized spacial score (nSPS) is 14.8. The predicted octanol–water partition coefficient (Wildman–Crippen LogP) is 0.948. The van der Waals surface area contributed by atoms with E-state index in [9.17, 15) is 26.4 Å². The molecule has 0 fully saturated rings. The zero-order valence-corrected chi connectivity index (χ0v) is 20.1. The lowest BCUT2D eigenvalue weighted by atomic mass is 10.2. The number of carbonyl (C=O) groups is 2. The van der Waals surface area contributed by atoms with Crippen molar-refractivity contribution < 1.29 is 41.0 Å². The van der Waals surface area contributed by atoms with Gasteiger partial charge in [0.15, 0.2) is 5.69 Å². The molecule has 2 N–H and O–H groups in total. The van der Waals surface area contributed by atoms with Crippen LogP contribution in [0, 0.1) is 0 Å². The van der Waals surface area contributed by atoms with Crippen molar-refractivity contribution in [2.24, 2.45) is 0 Å². The lowest BCUT2D eigenvalue weighted by molar-refractivity contribution is -0.192. The van der Waals surface area contributed by atoms with Gasteiger partial charge in [0.05, 0.1) is 24.5 Å². The van der Waals surface area contributed by atoms with Crippen LogP contribution < -0.4 is 5.32 Å². The van der Waals surface area contributed by atoms with Crippen molar-refractivity contribution in [3.05, 3.63) is 42.0 Å². The van der Waals surface area contributed by atoms with Crippen LogP contribution in [-0.2, 0) is 26.1 Å². The van der Waals surface area contributed by atoms with Crippen molar-refractivity contribution in [2.75, 3.05) is 47.4 Å². The number of sulfonamides is 1. The third-order valence-electron chi connectivity index (χ3n) is 4.78. The Bertz CT molecular complexity index is 1150. The van der Waals surface area contributed by atoms with E-state index < -0.39 is 22.2 Å². The third kappa shape index (κ3) is 7.00. The number of aliphatic carboxylic acids is 1. The molecule has 35 heavy (non-hydrogen) atoms. The molecule has 1 aromatic heterocycles. The van der Waals surface area contributed by atoms with Crippen LogP contribution in [0.3, 0.4) is 0 Å². The van der Waals surface area contributed by atoms with E-state index >= 15 is 0 Å². The first-order chi connectivity index (χ1) is 16.3. The number of imidazole rings is 1. The van der Waals surface area contributed by atoms with Gasteiger partial charge in [-0.05, 0) is 26.2 Å². The number of halogens is 3. The van der Waals surface area contributed by atoms with E-state index in [1.54, 1.807) is 28.8 Å². The van der Waals surface area contributed by atoms with Crippen LogP contribution >= 0.6 is 0 Å². The fourth-order valence-electron chi connectivity index (χ4n) is 3.06. The first-order valence-electron chi connectivity index (χ1n) is 10.2. The fourth-order valence-corrected chi connectivity index (χ4v) is 4.62. The van der Waals surface area contributed by atoms with Crippen LogP contribution in [0.15, 0.2) is 35.5 Å². The van der Waals surface area contributed by atoms with Crippen molar-refractivity contribution in [1.82, 2.24) is 24.1 Å². The number of amides is 1.